The SMILES string of the molecule is O=Cc1cnccc1C[B-](F)(F)F.[K+]. The van der Waals surface area contributed by atoms with E-state index >= 15 is 0 Å². The minimum absolute atomic E-state index is 0. The number of aromatic nitrogens is 1. The average Bonchev–Trinajstić information content (AvgIpc) is 2.02. The Balaban J connectivity index is 0.00000169. The molecule has 1 rings (SSSR count). The first kappa shape index (κ1) is 14.3. The first-order valence-corrected chi connectivity index (χ1v) is 3.62. The molecule has 1 aromatic heterocycles. The normalized spacial score (nSPS) is 10.5. The number of nitrogens with zero attached hydrogens (tertiary/aromatic N) is 1. The summed E-state index contributed by atoms with van der Waals surface area (Å²) in [5.74, 6) is 0. The van der Waals surface area contributed by atoms with Gasteiger partial charge in [0.1, 0.15) is 0 Å². The molecule has 0 aliphatic rings. The van der Waals surface area contributed by atoms with E-state index in [1.807, 2.05) is 0 Å². The molecule has 2 nitrogen and oxygen atoms in total. The smallest absolute Gasteiger partial charge is 0.449 e. The summed E-state index contributed by atoms with van der Waals surface area (Å²) in [5, 5.41) is 0. The largest absolute Gasteiger partial charge is 1.00 e. The van der Waals surface area contributed by atoms with E-state index < -0.39 is 13.3 Å². The van der Waals surface area contributed by atoms with Crippen molar-refractivity contribution in [2.24, 2.45) is 0 Å². The molecular formula is C7H6BF3KNO. The quantitative estimate of drug-likeness (QED) is 0.481. The molecule has 0 aromatic carbocycles. The predicted octanol–water partition coefficient (Wildman–Crippen LogP) is -1.17. The second kappa shape index (κ2) is 6.02. The van der Waals surface area contributed by atoms with Crippen LogP contribution < -0.4 is 51.4 Å². The van der Waals surface area contributed by atoms with E-state index in [1.165, 1.54) is 12.3 Å². The van der Waals surface area contributed by atoms with Crippen molar-refractivity contribution in [3.8, 4) is 0 Å². The first-order chi connectivity index (χ1) is 6.03. The zero-order valence-corrected chi connectivity index (χ0v) is 10.7. The van der Waals surface area contributed by atoms with Gasteiger partial charge in [-0.3, -0.25) is 9.78 Å². The maximum atomic E-state index is 12.0. The van der Waals surface area contributed by atoms with E-state index in [0.29, 0.717) is 6.29 Å². The minimum Gasteiger partial charge on any atom is -0.449 e. The molecule has 0 amide bonds. The molecule has 7 heteroatoms. The Kier molecular flexibility index (Phi) is 6.15. The number of carbonyl (C=O) groups is 1. The van der Waals surface area contributed by atoms with Gasteiger partial charge in [-0.25, -0.2) is 0 Å². The molecule has 1 heterocycles. The standard InChI is InChI=1S/C7H6BF3NO.K/c9-8(10,11)3-6-1-2-12-4-7(6)5-13;/h1-2,4-5H,3H2;/q-1;+1. The van der Waals surface area contributed by atoms with Crippen molar-refractivity contribution in [1.82, 2.24) is 4.98 Å². The zero-order valence-electron chi connectivity index (χ0n) is 7.58. The molecular weight excluding hydrogens is 221 g/mol. The molecule has 0 saturated heterocycles. The zero-order chi connectivity index (χ0) is 9.90. The second-order valence-corrected chi connectivity index (χ2v) is 2.61. The summed E-state index contributed by atoms with van der Waals surface area (Å²) in [6, 6.07) is 1.21. The molecule has 0 spiro atoms. The van der Waals surface area contributed by atoms with Crippen LogP contribution in [0.25, 0.3) is 0 Å². The van der Waals surface area contributed by atoms with Crippen LogP contribution in [0.3, 0.4) is 0 Å². The Bertz CT molecular complexity index is 318. The minimum atomic E-state index is -4.90. The number of aldehydes is 1. The molecule has 0 bridgehead atoms. The third kappa shape index (κ3) is 4.70. The third-order valence-corrected chi connectivity index (χ3v) is 1.52. The van der Waals surface area contributed by atoms with Crippen LogP contribution in [-0.4, -0.2) is 18.2 Å². The van der Waals surface area contributed by atoms with Crippen molar-refractivity contribution in [1.29, 1.82) is 0 Å². The van der Waals surface area contributed by atoms with Gasteiger partial charge in [-0.1, -0.05) is 11.9 Å². The molecule has 0 saturated carbocycles. The number of carbonyl (C=O) groups excluding carboxylic acids is 1. The molecule has 14 heavy (non-hydrogen) atoms. The van der Waals surface area contributed by atoms with Gasteiger partial charge in [0.05, 0.1) is 0 Å². The van der Waals surface area contributed by atoms with E-state index in [9.17, 15) is 17.7 Å². The molecule has 0 radical (unpaired) electrons. The summed E-state index contributed by atoms with van der Waals surface area (Å²) in [6.45, 7) is -4.90. The summed E-state index contributed by atoms with van der Waals surface area (Å²) in [4.78, 5) is 13.9. The van der Waals surface area contributed by atoms with Crippen molar-refractivity contribution in [3.05, 3.63) is 29.6 Å². The maximum absolute atomic E-state index is 12.0. The molecule has 0 atom stereocenters. The Morgan fingerprint density at radius 3 is 2.57 bits per heavy atom. The van der Waals surface area contributed by atoms with Gasteiger partial charge in [-0.15, -0.1) is 0 Å². The van der Waals surface area contributed by atoms with Crippen molar-refractivity contribution in [2.75, 3.05) is 0 Å². The van der Waals surface area contributed by atoms with Crippen LogP contribution in [0, 0.1) is 0 Å². The predicted molar refractivity (Wildman–Crippen MR) is 42.4 cm³/mol. The van der Waals surface area contributed by atoms with Crippen LogP contribution >= 0.6 is 0 Å². The summed E-state index contributed by atoms with van der Waals surface area (Å²) in [5.41, 5.74) is -0.0146. The van der Waals surface area contributed by atoms with E-state index in [2.05, 4.69) is 4.98 Å². The third-order valence-electron chi connectivity index (χ3n) is 1.52. The monoisotopic (exact) mass is 227 g/mol. The summed E-state index contributed by atoms with van der Waals surface area (Å²) < 4.78 is 36.0. The number of pyridine rings is 1. The maximum Gasteiger partial charge on any atom is 1.00 e. The number of rotatable bonds is 3. The molecule has 0 N–H and O–H groups in total. The summed E-state index contributed by atoms with van der Waals surface area (Å²) in [7, 11) is 0. The summed E-state index contributed by atoms with van der Waals surface area (Å²) >= 11 is 0. The van der Waals surface area contributed by atoms with Crippen LogP contribution in [0.2, 0.25) is 0 Å². The molecule has 1 aromatic rings. The van der Waals surface area contributed by atoms with Crippen molar-refractivity contribution < 1.29 is 69.1 Å². The number of hydrogen-bond donors (Lipinski definition) is 0. The molecule has 0 fully saturated rings. The Morgan fingerprint density at radius 2 is 2.07 bits per heavy atom. The van der Waals surface area contributed by atoms with Gasteiger partial charge >= 0.3 is 58.4 Å². The van der Waals surface area contributed by atoms with Crippen molar-refractivity contribution >= 4 is 13.3 Å². The van der Waals surface area contributed by atoms with E-state index in [0.717, 1.165) is 6.20 Å². The average molecular weight is 227 g/mol. The second-order valence-electron chi connectivity index (χ2n) is 2.61. The topological polar surface area (TPSA) is 30.0 Å². The van der Waals surface area contributed by atoms with Crippen molar-refractivity contribution in [2.45, 2.75) is 6.32 Å². The van der Waals surface area contributed by atoms with Gasteiger partial charge in [0.15, 0.2) is 6.29 Å². The molecule has 0 unspecified atom stereocenters. The fourth-order valence-electron chi connectivity index (χ4n) is 0.977. The Hall–Kier alpha value is 0.311. The van der Waals surface area contributed by atoms with Gasteiger partial charge in [0, 0.05) is 18.0 Å². The van der Waals surface area contributed by atoms with E-state index in [-0.39, 0.29) is 62.5 Å². The van der Waals surface area contributed by atoms with Gasteiger partial charge in [0.25, 0.3) is 0 Å². The van der Waals surface area contributed by atoms with Gasteiger partial charge in [-0.05, 0) is 6.07 Å². The first-order valence-electron chi connectivity index (χ1n) is 3.62. The Morgan fingerprint density at radius 1 is 1.43 bits per heavy atom. The fraction of sp³-hybridized carbons (Fsp3) is 0.143. The Labute approximate surface area is 122 Å². The van der Waals surface area contributed by atoms with Crippen LogP contribution in [0.5, 0.6) is 0 Å². The molecule has 70 valence electrons. The van der Waals surface area contributed by atoms with Gasteiger partial charge < -0.3 is 12.9 Å². The van der Waals surface area contributed by atoms with E-state index in [1.54, 1.807) is 0 Å². The number of halogens is 3. The van der Waals surface area contributed by atoms with Crippen LogP contribution in [0.15, 0.2) is 18.5 Å². The van der Waals surface area contributed by atoms with Gasteiger partial charge in [0.2, 0.25) is 0 Å². The van der Waals surface area contributed by atoms with Crippen molar-refractivity contribution in [3.63, 3.8) is 0 Å². The fourth-order valence-corrected chi connectivity index (χ4v) is 0.977. The van der Waals surface area contributed by atoms with Gasteiger partial charge in [-0.2, -0.15) is 0 Å². The van der Waals surface area contributed by atoms with Crippen LogP contribution in [0.1, 0.15) is 15.9 Å². The van der Waals surface area contributed by atoms with Crippen LogP contribution in [0.4, 0.5) is 12.9 Å². The molecule has 0 aliphatic carbocycles. The number of hydrogen-bond acceptors (Lipinski definition) is 2. The van der Waals surface area contributed by atoms with E-state index in [4.69, 9.17) is 0 Å². The van der Waals surface area contributed by atoms with Crippen LogP contribution in [-0.2, 0) is 6.32 Å². The molecule has 0 aliphatic heterocycles. The summed E-state index contributed by atoms with van der Waals surface area (Å²) in [6.07, 6.45) is 1.72.